The third kappa shape index (κ3) is 8.08. The van der Waals surface area contributed by atoms with E-state index in [9.17, 15) is 22.8 Å². The quantitative estimate of drug-likeness (QED) is 0.525. The van der Waals surface area contributed by atoms with Gasteiger partial charge in [0.1, 0.15) is 5.78 Å². The predicted molar refractivity (Wildman–Crippen MR) is 59.9 cm³/mol. The summed E-state index contributed by atoms with van der Waals surface area (Å²) in [5.74, 6) is -0.796. The fraction of sp³-hybridized carbons (Fsp3) is 0.833. The standard InChI is InChI=1S/C12H19F3O3/c1-9(16)6-4-5-7-11(2,3)10(17)18-8-12(13,14)15/h4-8H2,1-3H3. The van der Waals surface area contributed by atoms with Crippen molar-refractivity contribution in [1.29, 1.82) is 0 Å². The molecule has 0 N–H and O–H groups in total. The molecule has 3 nitrogen and oxygen atoms in total. The Kier molecular flexibility index (Phi) is 6.35. The van der Waals surface area contributed by atoms with E-state index >= 15 is 0 Å². The van der Waals surface area contributed by atoms with Crippen LogP contribution in [0.15, 0.2) is 0 Å². The molecule has 0 rings (SSSR count). The highest BCUT2D eigenvalue weighted by molar-refractivity contribution is 5.76. The molecule has 6 heteroatoms. The van der Waals surface area contributed by atoms with Crippen LogP contribution in [0.25, 0.3) is 0 Å². The van der Waals surface area contributed by atoms with Gasteiger partial charge >= 0.3 is 12.1 Å². The number of carbonyl (C=O) groups excluding carboxylic acids is 2. The highest BCUT2D eigenvalue weighted by Gasteiger charge is 2.34. The molecule has 0 aliphatic heterocycles. The van der Waals surface area contributed by atoms with Crippen molar-refractivity contribution < 1.29 is 27.5 Å². The molecule has 0 unspecified atom stereocenters. The zero-order valence-electron chi connectivity index (χ0n) is 10.9. The van der Waals surface area contributed by atoms with Gasteiger partial charge in [0.25, 0.3) is 0 Å². The average Bonchev–Trinajstić information content (AvgIpc) is 2.19. The van der Waals surface area contributed by atoms with E-state index in [-0.39, 0.29) is 5.78 Å². The Morgan fingerprint density at radius 3 is 2.11 bits per heavy atom. The summed E-state index contributed by atoms with van der Waals surface area (Å²) in [4.78, 5) is 22.1. The van der Waals surface area contributed by atoms with Gasteiger partial charge < -0.3 is 9.53 Å². The zero-order chi connectivity index (χ0) is 14.4. The van der Waals surface area contributed by atoms with Gasteiger partial charge in [0.15, 0.2) is 6.61 Å². The largest absolute Gasteiger partial charge is 0.456 e. The number of esters is 1. The number of unbranched alkanes of at least 4 members (excludes halogenated alkanes) is 1. The first-order valence-corrected chi connectivity index (χ1v) is 5.78. The number of ketones is 1. The fourth-order valence-electron chi connectivity index (χ4n) is 1.39. The van der Waals surface area contributed by atoms with Crippen LogP contribution in [-0.4, -0.2) is 24.5 Å². The lowest BCUT2D eigenvalue weighted by atomic mass is 9.87. The van der Waals surface area contributed by atoms with Crippen molar-refractivity contribution in [3.05, 3.63) is 0 Å². The summed E-state index contributed by atoms with van der Waals surface area (Å²) in [6, 6.07) is 0. The molecule has 0 spiro atoms. The van der Waals surface area contributed by atoms with Crippen LogP contribution in [0.4, 0.5) is 13.2 Å². The van der Waals surface area contributed by atoms with Gasteiger partial charge in [-0.15, -0.1) is 0 Å². The highest BCUT2D eigenvalue weighted by atomic mass is 19.4. The van der Waals surface area contributed by atoms with Crippen molar-refractivity contribution in [2.45, 2.75) is 52.6 Å². The minimum Gasteiger partial charge on any atom is -0.456 e. The molecule has 0 atom stereocenters. The number of carbonyl (C=O) groups is 2. The summed E-state index contributed by atoms with van der Waals surface area (Å²) in [6.45, 7) is 3.00. The second kappa shape index (κ2) is 6.75. The van der Waals surface area contributed by atoms with E-state index in [1.807, 2.05) is 0 Å². The van der Waals surface area contributed by atoms with Crippen LogP contribution in [0.5, 0.6) is 0 Å². The third-order valence-electron chi connectivity index (χ3n) is 2.50. The normalized spacial score (nSPS) is 12.3. The van der Waals surface area contributed by atoms with E-state index in [2.05, 4.69) is 4.74 Å². The molecule has 106 valence electrons. The molecule has 0 saturated heterocycles. The van der Waals surface area contributed by atoms with Crippen LogP contribution in [0.1, 0.15) is 46.5 Å². The molecule has 0 fully saturated rings. The minimum absolute atomic E-state index is 0.0625. The molecule has 0 aliphatic carbocycles. The van der Waals surface area contributed by atoms with Crippen LogP contribution >= 0.6 is 0 Å². The van der Waals surface area contributed by atoms with Gasteiger partial charge in [-0.05, 0) is 33.6 Å². The maximum atomic E-state index is 11.9. The van der Waals surface area contributed by atoms with Gasteiger partial charge in [-0.2, -0.15) is 13.2 Å². The van der Waals surface area contributed by atoms with E-state index in [4.69, 9.17) is 0 Å². The molecular weight excluding hydrogens is 249 g/mol. The monoisotopic (exact) mass is 268 g/mol. The summed E-state index contributed by atoms with van der Waals surface area (Å²) in [5.41, 5.74) is -0.956. The van der Waals surface area contributed by atoms with Gasteiger partial charge in [0, 0.05) is 6.42 Å². The molecule has 0 heterocycles. The maximum absolute atomic E-state index is 11.9. The van der Waals surface area contributed by atoms with Crippen LogP contribution in [0, 0.1) is 5.41 Å². The number of ether oxygens (including phenoxy) is 1. The fourth-order valence-corrected chi connectivity index (χ4v) is 1.39. The molecule has 0 radical (unpaired) electrons. The lowest BCUT2D eigenvalue weighted by molar-refractivity contribution is -0.192. The lowest BCUT2D eigenvalue weighted by Crippen LogP contribution is -2.30. The summed E-state index contributed by atoms with van der Waals surface area (Å²) < 4.78 is 39.9. The lowest BCUT2D eigenvalue weighted by Gasteiger charge is -2.22. The smallest absolute Gasteiger partial charge is 0.422 e. The first-order valence-electron chi connectivity index (χ1n) is 5.78. The van der Waals surface area contributed by atoms with Crippen molar-refractivity contribution in [1.82, 2.24) is 0 Å². The third-order valence-corrected chi connectivity index (χ3v) is 2.50. The average molecular weight is 268 g/mol. The summed E-state index contributed by atoms with van der Waals surface area (Å²) in [7, 11) is 0. The molecule has 0 aromatic heterocycles. The van der Waals surface area contributed by atoms with Crippen molar-refractivity contribution in [3.8, 4) is 0 Å². The second-order valence-electron chi connectivity index (χ2n) is 4.98. The summed E-state index contributed by atoms with van der Waals surface area (Å²) in [6.07, 6.45) is -2.44. The molecule has 0 aliphatic rings. The Labute approximate surface area is 105 Å². The molecule has 0 aromatic rings. The van der Waals surface area contributed by atoms with Crippen LogP contribution in [-0.2, 0) is 14.3 Å². The van der Waals surface area contributed by atoms with Crippen LogP contribution in [0.3, 0.4) is 0 Å². The minimum atomic E-state index is -4.50. The van der Waals surface area contributed by atoms with Gasteiger partial charge in [0.2, 0.25) is 0 Å². The Hall–Kier alpha value is -1.07. The van der Waals surface area contributed by atoms with Crippen molar-refractivity contribution in [3.63, 3.8) is 0 Å². The van der Waals surface area contributed by atoms with E-state index in [0.29, 0.717) is 25.7 Å². The van der Waals surface area contributed by atoms with E-state index in [0.717, 1.165) is 0 Å². The van der Waals surface area contributed by atoms with E-state index in [1.54, 1.807) is 13.8 Å². The van der Waals surface area contributed by atoms with Crippen molar-refractivity contribution in [2.75, 3.05) is 6.61 Å². The number of hydrogen-bond donors (Lipinski definition) is 0. The van der Waals surface area contributed by atoms with Gasteiger partial charge in [-0.25, -0.2) is 0 Å². The topological polar surface area (TPSA) is 43.4 Å². The first-order chi connectivity index (χ1) is 8.04. The van der Waals surface area contributed by atoms with Crippen LogP contribution in [0.2, 0.25) is 0 Å². The van der Waals surface area contributed by atoms with Gasteiger partial charge in [-0.3, -0.25) is 4.79 Å². The molecule has 18 heavy (non-hydrogen) atoms. The summed E-state index contributed by atoms with van der Waals surface area (Å²) in [5, 5.41) is 0. The summed E-state index contributed by atoms with van der Waals surface area (Å²) >= 11 is 0. The Bertz CT molecular complexity index is 295. The van der Waals surface area contributed by atoms with Gasteiger partial charge in [0.05, 0.1) is 5.41 Å². The number of halogens is 3. The first kappa shape index (κ1) is 16.9. The van der Waals surface area contributed by atoms with Gasteiger partial charge in [-0.1, -0.05) is 6.42 Å². The number of alkyl halides is 3. The number of Topliss-reactive ketones (excluding diaryl/α,β-unsaturated/α-hetero) is 1. The molecule has 0 bridgehead atoms. The van der Waals surface area contributed by atoms with Crippen molar-refractivity contribution in [2.24, 2.45) is 5.41 Å². The second-order valence-corrected chi connectivity index (χ2v) is 4.98. The Morgan fingerprint density at radius 1 is 1.11 bits per heavy atom. The Balaban J connectivity index is 4.03. The van der Waals surface area contributed by atoms with E-state index in [1.165, 1.54) is 6.92 Å². The molecule has 0 aromatic carbocycles. The molecular formula is C12H19F3O3. The maximum Gasteiger partial charge on any atom is 0.422 e. The molecule has 0 amide bonds. The number of rotatable bonds is 7. The Morgan fingerprint density at radius 2 is 1.67 bits per heavy atom. The van der Waals surface area contributed by atoms with E-state index < -0.39 is 24.2 Å². The number of hydrogen-bond acceptors (Lipinski definition) is 3. The predicted octanol–water partition coefficient (Wildman–Crippen LogP) is 3.27. The molecule has 0 saturated carbocycles. The van der Waals surface area contributed by atoms with Crippen LogP contribution < -0.4 is 0 Å². The highest BCUT2D eigenvalue weighted by Crippen LogP contribution is 2.26. The zero-order valence-corrected chi connectivity index (χ0v) is 10.9. The van der Waals surface area contributed by atoms with Crippen molar-refractivity contribution >= 4 is 11.8 Å². The SMILES string of the molecule is CC(=O)CCCCC(C)(C)C(=O)OCC(F)(F)F.